The van der Waals surface area contributed by atoms with Crippen LogP contribution in [0.2, 0.25) is 0 Å². The summed E-state index contributed by atoms with van der Waals surface area (Å²) in [7, 11) is 0. The van der Waals surface area contributed by atoms with Crippen LogP contribution >= 0.6 is 0 Å². The van der Waals surface area contributed by atoms with Crippen LogP contribution in [0.25, 0.3) is 0 Å². The fourth-order valence-electron chi connectivity index (χ4n) is 16.3. The maximum Gasteiger partial charge on any atom is 0.218 e. The molecule has 0 aromatic heterocycles. The molecule has 704 valence electrons. The highest BCUT2D eigenvalue weighted by molar-refractivity contribution is 6.19. The molecule has 1 saturated heterocycles. The quantitative estimate of drug-likeness (QED) is 0.0222. The van der Waals surface area contributed by atoms with E-state index in [0.29, 0.717) is 66.8 Å². The predicted octanol–water partition coefficient (Wildman–Crippen LogP) is 20.7. The van der Waals surface area contributed by atoms with Gasteiger partial charge in [-0.15, -0.1) is 0 Å². The van der Waals surface area contributed by atoms with Gasteiger partial charge in [0, 0.05) is 22.3 Å². The number of ketones is 4. The van der Waals surface area contributed by atoms with Gasteiger partial charge in [0.15, 0.2) is 63.7 Å². The number of ether oxygens (including phenoxy) is 13. The Kier molecular flexibility index (Phi) is 31.0. The molecule has 22 nitrogen and oxygen atoms in total. The van der Waals surface area contributed by atoms with E-state index in [1.807, 2.05) is 121 Å². The van der Waals surface area contributed by atoms with Gasteiger partial charge in [-0.25, -0.2) is 0 Å². The third-order valence-corrected chi connectivity index (χ3v) is 23.7. The predicted molar refractivity (Wildman–Crippen MR) is 524 cm³/mol. The molecule has 2 unspecified atom stereocenters. The van der Waals surface area contributed by atoms with Gasteiger partial charge in [0.25, 0.3) is 0 Å². The molecule has 0 amide bonds. The summed E-state index contributed by atoms with van der Waals surface area (Å²) in [5, 5.41) is 74.8. The van der Waals surface area contributed by atoms with E-state index in [2.05, 4.69) is 0 Å². The number of hydrogen-bond donors (Lipinski definition) is 5. The standard InChI is InChI=1S/C118H100O22/c119-105(93-61-97(128-69-81-37-13-1-14-38-81)107(136-77-89-53-29-9-30-54-89)98(62-93)129-70-82-39-15-2-16-40-82)106(120)114-116(125,111(121)94-63-99(130-71-83-41-17-3-18-42-83)108(137-78-90-55-31-10-32-56-90)100(64-94)131-72-84-43-19-4-20-44-84)118(127,113(123)96-67-103(134-75-87-49-25-7-26-50-87)110(139-80-92-59-35-12-36-60-92)104(68-96)135-76-88-51-27-8-28-52-88)117(126,115(124)140-114)112(122)95-65-101(132-73-85-45-21-5-22-46-85)109(138-79-91-57-33-11-34-58-91)102(66-95)133-74-86-47-23-6-24-48-86/h1-68,106,114-115,120,124-127H,69-80H2/t106?,114-,115?,116-,117+,118+/m1/s1. The molecule has 22 heteroatoms. The Hall–Kier alpha value is -16.4. The summed E-state index contributed by atoms with van der Waals surface area (Å²) in [4.78, 5) is 71.2. The molecule has 1 fully saturated rings. The van der Waals surface area contributed by atoms with Crippen molar-refractivity contribution in [2.24, 2.45) is 0 Å². The number of hydrogen-bond acceptors (Lipinski definition) is 22. The fourth-order valence-corrected chi connectivity index (χ4v) is 16.3. The van der Waals surface area contributed by atoms with E-state index in [1.54, 1.807) is 243 Å². The Balaban J connectivity index is 0.930. The van der Waals surface area contributed by atoms with Crippen LogP contribution in [0.4, 0.5) is 0 Å². The second kappa shape index (κ2) is 45.5. The monoisotopic (exact) mass is 1870 g/mol. The third kappa shape index (κ3) is 22.6. The van der Waals surface area contributed by atoms with E-state index in [4.69, 9.17) is 61.6 Å². The Morgan fingerprint density at radius 2 is 0.386 bits per heavy atom. The van der Waals surface area contributed by atoms with Crippen molar-refractivity contribution < 1.29 is 106 Å². The summed E-state index contributed by atoms with van der Waals surface area (Å²) in [6.45, 7) is -2.40. The first kappa shape index (κ1) is 95.3. The van der Waals surface area contributed by atoms with Gasteiger partial charge in [-0.1, -0.05) is 364 Å². The average molecular weight is 1870 g/mol. The second-order valence-electron chi connectivity index (χ2n) is 33.4. The molecule has 0 aliphatic carbocycles. The molecule has 140 heavy (non-hydrogen) atoms. The van der Waals surface area contributed by atoms with Gasteiger partial charge in [-0.05, 0) is 115 Å². The Labute approximate surface area is 809 Å². The number of rotatable bonds is 45. The van der Waals surface area contributed by atoms with Crippen LogP contribution in [0.15, 0.2) is 413 Å². The van der Waals surface area contributed by atoms with Crippen LogP contribution in [0.1, 0.15) is 108 Å². The number of benzene rings is 16. The molecule has 17 rings (SSSR count). The maximum absolute atomic E-state index is 18.3. The summed E-state index contributed by atoms with van der Waals surface area (Å²) in [6, 6.07) is 117. The summed E-state index contributed by atoms with van der Waals surface area (Å²) < 4.78 is 87.5. The highest BCUT2D eigenvalue weighted by Crippen LogP contribution is 2.55. The van der Waals surface area contributed by atoms with Crippen molar-refractivity contribution in [3.8, 4) is 69.0 Å². The van der Waals surface area contributed by atoms with Gasteiger partial charge >= 0.3 is 0 Å². The highest BCUT2D eigenvalue weighted by atomic mass is 16.7. The maximum atomic E-state index is 18.3. The van der Waals surface area contributed by atoms with Crippen LogP contribution < -0.4 is 56.8 Å². The molecule has 0 saturated carbocycles. The zero-order valence-electron chi connectivity index (χ0n) is 76.2. The van der Waals surface area contributed by atoms with Crippen molar-refractivity contribution in [1.82, 2.24) is 0 Å². The second-order valence-corrected chi connectivity index (χ2v) is 33.4. The minimum absolute atomic E-state index is 0.0353. The van der Waals surface area contributed by atoms with Gasteiger partial charge in [0.2, 0.25) is 51.5 Å². The van der Waals surface area contributed by atoms with Crippen molar-refractivity contribution in [1.29, 1.82) is 0 Å². The zero-order chi connectivity index (χ0) is 96.5. The molecule has 0 bridgehead atoms. The number of aliphatic hydroxyl groups excluding tert-OH is 2. The topological polar surface area (TPSA) is 289 Å². The molecule has 0 radical (unpaired) electrons. The molecule has 0 spiro atoms. The van der Waals surface area contributed by atoms with E-state index in [9.17, 15) is 10.2 Å². The third-order valence-electron chi connectivity index (χ3n) is 23.7. The van der Waals surface area contributed by atoms with Crippen molar-refractivity contribution in [2.45, 2.75) is 115 Å². The summed E-state index contributed by atoms with van der Waals surface area (Å²) in [6.07, 6.45) is -9.90. The van der Waals surface area contributed by atoms with Gasteiger partial charge < -0.3 is 87.1 Å². The van der Waals surface area contributed by atoms with Crippen LogP contribution in [0.5, 0.6) is 69.0 Å². The molecule has 1 heterocycles. The van der Waals surface area contributed by atoms with Crippen molar-refractivity contribution in [2.75, 3.05) is 0 Å². The number of carbonyl (C=O) groups excluding carboxylic acids is 4. The lowest BCUT2D eigenvalue weighted by Gasteiger charge is -2.57. The highest BCUT2D eigenvalue weighted by Gasteiger charge is 2.82. The average Bonchev–Trinajstić information content (AvgIpc) is 0.671. The van der Waals surface area contributed by atoms with Gasteiger partial charge in [-0.3, -0.25) is 19.2 Å². The van der Waals surface area contributed by atoms with Crippen LogP contribution in [-0.2, 0) is 84.0 Å². The normalized spacial score (nSPS) is 16.1. The van der Waals surface area contributed by atoms with E-state index in [-0.39, 0.29) is 148 Å². The minimum atomic E-state index is -4.82. The Bertz CT molecular complexity index is 6550. The van der Waals surface area contributed by atoms with Crippen LogP contribution in [0, 0.1) is 0 Å². The molecule has 1 aliphatic rings. The smallest absolute Gasteiger partial charge is 0.218 e. The van der Waals surface area contributed by atoms with Crippen LogP contribution in [-0.4, -0.2) is 84.0 Å². The summed E-state index contributed by atoms with van der Waals surface area (Å²) in [5.41, 5.74) is -9.38. The van der Waals surface area contributed by atoms with Gasteiger partial charge in [-0.2, -0.15) is 0 Å². The van der Waals surface area contributed by atoms with Crippen molar-refractivity contribution >= 4 is 23.1 Å². The van der Waals surface area contributed by atoms with E-state index < -0.39 is 80.7 Å². The lowest BCUT2D eigenvalue weighted by atomic mass is 9.57. The number of aliphatic hydroxyl groups is 5. The molecular weight excluding hydrogens is 1770 g/mol. The van der Waals surface area contributed by atoms with Gasteiger partial charge in [0.1, 0.15) is 91.5 Å². The molecule has 16 aromatic carbocycles. The zero-order valence-corrected chi connectivity index (χ0v) is 76.2. The van der Waals surface area contributed by atoms with Gasteiger partial charge in [0.05, 0.1) is 0 Å². The summed E-state index contributed by atoms with van der Waals surface area (Å²) >= 11 is 0. The lowest BCUT2D eigenvalue weighted by Crippen LogP contribution is -2.87. The molecule has 1 aliphatic heterocycles. The lowest BCUT2D eigenvalue weighted by molar-refractivity contribution is -0.352. The first-order valence-electron chi connectivity index (χ1n) is 45.6. The Morgan fingerprint density at radius 1 is 0.229 bits per heavy atom. The molecule has 16 aromatic rings. The first-order chi connectivity index (χ1) is 68.5. The molecule has 6 atom stereocenters. The van der Waals surface area contributed by atoms with E-state index in [0.717, 1.165) is 36.4 Å². The summed E-state index contributed by atoms with van der Waals surface area (Å²) in [5.74, 6) is -9.78. The Morgan fingerprint density at radius 3 is 0.571 bits per heavy atom. The molecule has 5 N–H and O–H groups in total. The van der Waals surface area contributed by atoms with Crippen molar-refractivity contribution in [3.05, 3.63) is 502 Å². The fraction of sp³-hybridized carbons (Fsp3) is 0.153. The van der Waals surface area contributed by atoms with E-state index >= 15 is 34.5 Å². The van der Waals surface area contributed by atoms with Crippen molar-refractivity contribution in [3.63, 3.8) is 0 Å². The number of carbonyl (C=O) groups is 4. The number of Topliss-reactive ketones (excluding diaryl/α,β-unsaturated/α-hetero) is 4. The first-order valence-corrected chi connectivity index (χ1v) is 45.6. The van der Waals surface area contributed by atoms with E-state index in [1.165, 1.54) is 12.1 Å². The minimum Gasteiger partial charge on any atom is -0.485 e. The SMILES string of the molecule is O=C(c1cc(OCc2ccccc2)c(OCc2ccccc2)c(OCc2ccccc2)c1)C(O)[C@H]1OC(O)[C@@](O)(C(=O)c2cc(OCc3ccccc3)c(OCc3ccccc3)c(OCc3ccccc3)c2)[C@](O)(C(=O)c2cc(OCc3ccccc3)c(OCc3ccccc3)c(OCc3ccccc3)c2)[C@@]1(O)C(=O)c1cc(OCc2ccccc2)c(OCc2ccccc2)c(OCc2ccccc2)c1. The largest absolute Gasteiger partial charge is 0.485 e. The van der Waals surface area contributed by atoms with Crippen LogP contribution in [0.3, 0.4) is 0 Å². The molecular formula is C118H100O22.